The highest BCUT2D eigenvalue weighted by Gasteiger charge is 2.02. The molecule has 0 amide bonds. The largest absolute Gasteiger partial charge is 0.370 e. The number of nitrogens with zero attached hydrogens (tertiary/aromatic N) is 2. The van der Waals surface area contributed by atoms with Crippen LogP contribution in [0.3, 0.4) is 0 Å². The molecule has 0 aromatic carbocycles. The van der Waals surface area contributed by atoms with Gasteiger partial charge in [0.05, 0.1) is 5.75 Å². The Balaban J connectivity index is 2.37. The molecule has 1 heterocycles. The van der Waals surface area contributed by atoms with Crippen molar-refractivity contribution >= 4 is 21.7 Å². The van der Waals surface area contributed by atoms with E-state index in [1.807, 2.05) is 0 Å². The fourth-order valence-corrected chi connectivity index (χ4v) is 1.57. The first-order valence-corrected chi connectivity index (χ1v) is 6.26. The fourth-order valence-electron chi connectivity index (χ4n) is 1.02. The number of sulfonamides is 1. The van der Waals surface area contributed by atoms with Gasteiger partial charge in [0.1, 0.15) is 18.0 Å². The minimum absolute atomic E-state index is 0.0624. The Morgan fingerprint density at radius 3 is 2.62 bits per heavy atom. The van der Waals surface area contributed by atoms with Crippen LogP contribution in [0, 0.1) is 0 Å². The number of hydrazine groups is 1. The van der Waals surface area contributed by atoms with Crippen molar-refractivity contribution < 1.29 is 8.42 Å². The van der Waals surface area contributed by atoms with Crippen molar-refractivity contribution in [2.24, 2.45) is 11.0 Å². The van der Waals surface area contributed by atoms with Crippen LogP contribution in [0.5, 0.6) is 0 Å². The van der Waals surface area contributed by atoms with Gasteiger partial charge in [-0.25, -0.2) is 29.4 Å². The molecule has 1 aromatic rings. The van der Waals surface area contributed by atoms with Crippen LogP contribution in [0.2, 0.25) is 0 Å². The first-order valence-electron chi connectivity index (χ1n) is 4.54. The number of primary sulfonamides is 1. The third-order valence-electron chi connectivity index (χ3n) is 1.73. The number of rotatable bonds is 6. The van der Waals surface area contributed by atoms with E-state index in [9.17, 15) is 8.42 Å². The van der Waals surface area contributed by atoms with Crippen molar-refractivity contribution in [2.75, 3.05) is 23.0 Å². The van der Waals surface area contributed by atoms with E-state index in [1.165, 1.54) is 6.33 Å². The van der Waals surface area contributed by atoms with Crippen molar-refractivity contribution in [3.8, 4) is 0 Å². The van der Waals surface area contributed by atoms with Crippen molar-refractivity contribution in [3.05, 3.63) is 12.4 Å². The second-order valence-electron chi connectivity index (χ2n) is 3.08. The smallest absolute Gasteiger partial charge is 0.209 e. The van der Waals surface area contributed by atoms with Crippen molar-refractivity contribution in [2.45, 2.75) is 6.42 Å². The van der Waals surface area contributed by atoms with E-state index in [0.29, 0.717) is 24.6 Å². The topological polar surface area (TPSA) is 136 Å². The van der Waals surface area contributed by atoms with E-state index in [0.717, 1.165) is 0 Å². The normalized spacial score (nSPS) is 11.1. The molecule has 0 unspecified atom stereocenters. The van der Waals surface area contributed by atoms with Crippen LogP contribution in [0.4, 0.5) is 11.6 Å². The van der Waals surface area contributed by atoms with E-state index in [-0.39, 0.29) is 5.75 Å². The summed E-state index contributed by atoms with van der Waals surface area (Å²) in [6.45, 7) is 0.456. The minimum atomic E-state index is -3.40. The van der Waals surface area contributed by atoms with Gasteiger partial charge in [-0.1, -0.05) is 0 Å². The van der Waals surface area contributed by atoms with Crippen LogP contribution in [-0.4, -0.2) is 30.7 Å². The maximum Gasteiger partial charge on any atom is 0.209 e. The van der Waals surface area contributed by atoms with Gasteiger partial charge in [-0.05, 0) is 6.42 Å². The molecule has 0 fully saturated rings. The third-order valence-corrected chi connectivity index (χ3v) is 2.58. The maximum atomic E-state index is 10.6. The summed E-state index contributed by atoms with van der Waals surface area (Å²) < 4.78 is 21.3. The molecule has 0 saturated carbocycles. The Labute approximate surface area is 93.5 Å². The van der Waals surface area contributed by atoms with Crippen LogP contribution in [0.1, 0.15) is 6.42 Å². The highest BCUT2D eigenvalue weighted by molar-refractivity contribution is 7.89. The molecule has 1 rings (SSSR count). The predicted molar refractivity (Wildman–Crippen MR) is 60.9 cm³/mol. The van der Waals surface area contributed by atoms with Gasteiger partial charge in [0.15, 0.2) is 0 Å². The predicted octanol–water partition coefficient (Wildman–Crippen LogP) is -1.15. The minimum Gasteiger partial charge on any atom is -0.370 e. The lowest BCUT2D eigenvalue weighted by atomic mass is 10.4. The van der Waals surface area contributed by atoms with Crippen LogP contribution in [0.15, 0.2) is 12.4 Å². The SMILES string of the molecule is NNc1cc(NCCCS(N)(=O)=O)ncn1. The molecule has 9 heteroatoms. The second kappa shape index (κ2) is 5.58. The second-order valence-corrected chi connectivity index (χ2v) is 4.81. The lowest BCUT2D eigenvalue weighted by Gasteiger charge is -2.05. The van der Waals surface area contributed by atoms with Gasteiger partial charge in [-0.3, -0.25) is 0 Å². The van der Waals surface area contributed by atoms with Crippen LogP contribution in [-0.2, 0) is 10.0 Å². The zero-order valence-corrected chi connectivity index (χ0v) is 9.37. The van der Waals surface area contributed by atoms with Crippen molar-refractivity contribution in [1.82, 2.24) is 9.97 Å². The molecule has 90 valence electrons. The van der Waals surface area contributed by atoms with Crippen molar-refractivity contribution in [3.63, 3.8) is 0 Å². The molecule has 0 aliphatic heterocycles. The summed E-state index contributed by atoms with van der Waals surface area (Å²) in [4.78, 5) is 7.75. The number of nitrogens with one attached hydrogen (secondary N) is 2. The third kappa shape index (κ3) is 4.87. The lowest BCUT2D eigenvalue weighted by molar-refractivity contribution is 0.595. The molecule has 0 radical (unpaired) electrons. The molecular weight excluding hydrogens is 232 g/mol. The summed E-state index contributed by atoms with van der Waals surface area (Å²) in [5.74, 6) is 6.15. The lowest BCUT2D eigenvalue weighted by Crippen LogP contribution is -2.19. The first kappa shape index (κ1) is 12.6. The average Bonchev–Trinajstić information content (AvgIpc) is 2.23. The number of hydrogen-bond acceptors (Lipinski definition) is 7. The van der Waals surface area contributed by atoms with E-state index >= 15 is 0 Å². The number of hydrogen-bond donors (Lipinski definition) is 4. The number of anilines is 2. The number of nitrogen functional groups attached to an aromatic ring is 1. The van der Waals surface area contributed by atoms with Gasteiger partial charge in [-0.2, -0.15) is 0 Å². The highest BCUT2D eigenvalue weighted by Crippen LogP contribution is 2.06. The molecule has 0 spiro atoms. The van der Waals surface area contributed by atoms with Gasteiger partial charge in [0.2, 0.25) is 10.0 Å². The van der Waals surface area contributed by atoms with E-state index in [2.05, 4.69) is 20.7 Å². The quantitative estimate of drug-likeness (QED) is 0.283. The summed E-state index contributed by atoms with van der Waals surface area (Å²) >= 11 is 0. The van der Waals surface area contributed by atoms with E-state index < -0.39 is 10.0 Å². The van der Waals surface area contributed by atoms with Gasteiger partial charge in [0, 0.05) is 12.6 Å². The van der Waals surface area contributed by atoms with Gasteiger partial charge < -0.3 is 10.7 Å². The maximum absolute atomic E-state index is 10.6. The number of aromatic nitrogens is 2. The standard InChI is InChI=1S/C7H14N6O2S/c8-13-7-4-6(11-5-12-7)10-2-1-3-16(9,14)15/h4-5H,1-3,8H2,(H2,9,14,15)(H2,10,11,12,13). The summed E-state index contributed by atoms with van der Waals surface area (Å²) in [5.41, 5.74) is 2.38. The van der Waals surface area contributed by atoms with Crippen molar-refractivity contribution in [1.29, 1.82) is 0 Å². The summed E-state index contributed by atoms with van der Waals surface area (Å²) in [6.07, 6.45) is 1.76. The molecule has 16 heavy (non-hydrogen) atoms. The van der Waals surface area contributed by atoms with Crippen LogP contribution < -0.4 is 21.7 Å². The molecule has 0 saturated heterocycles. The molecule has 6 N–H and O–H groups in total. The zero-order valence-electron chi connectivity index (χ0n) is 8.55. The summed E-state index contributed by atoms with van der Waals surface area (Å²) in [7, 11) is -3.40. The molecular formula is C7H14N6O2S. The summed E-state index contributed by atoms with van der Waals surface area (Å²) in [5, 5.41) is 7.78. The monoisotopic (exact) mass is 246 g/mol. The van der Waals surface area contributed by atoms with Crippen LogP contribution in [0.25, 0.3) is 0 Å². The Morgan fingerprint density at radius 2 is 2.00 bits per heavy atom. The van der Waals surface area contributed by atoms with Crippen LogP contribution >= 0.6 is 0 Å². The average molecular weight is 246 g/mol. The molecule has 8 nitrogen and oxygen atoms in total. The fraction of sp³-hybridized carbons (Fsp3) is 0.429. The number of nitrogens with two attached hydrogens (primary N) is 2. The molecule has 0 aliphatic carbocycles. The Hall–Kier alpha value is -1.45. The molecule has 1 aromatic heterocycles. The Kier molecular flexibility index (Phi) is 4.40. The Bertz CT molecular complexity index is 434. The highest BCUT2D eigenvalue weighted by atomic mass is 32.2. The molecule has 0 bridgehead atoms. The van der Waals surface area contributed by atoms with Gasteiger partial charge >= 0.3 is 0 Å². The zero-order chi connectivity index (χ0) is 12.0. The molecule has 0 atom stereocenters. The summed E-state index contributed by atoms with van der Waals surface area (Å²) in [6, 6.07) is 1.61. The van der Waals surface area contributed by atoms with Gasteiger partial charge in [0.25, 0.3) is 0 Å². The first-order chi connectivity index (χ1) is 7.51. The Morgan fingerprint density at radius 1 is 1.31 bits per heavy atom. The molecule has 0 aliphatic rings. The van der Waals surface area contributed by atoms with E-state index in [1.54, 1.807) is 6.07 Å². The van der Waals surface area contributed by atoms with Gasteiger partial charge in [-0.15, -0.1) is 0 Å². The van der Waals surface area contributed by atoms with E-state index in [4.69, 9.17) is 11.0 Å².